The standard InChI is InChI=1S/C12H18F3N3/c1-7(2)10-16-11(18-17-10)8-3-5-9(6-4-8)12(13,14)15/h7-9H,3-6H2,1-2H3,(H,16,17,18). The van der Waals surface area contributed by atoms with Crippen molar-refractivity contribution in [1.82, 2.24) is 15.2 Å². The summed E-state index contributed by atoms with van der Waals surface area (Å²) in [7, 11) is 0. The van der Waals surface area contributed by atoms with Crippen molar-refractivity contribution in [3.05, 3.63) is 11.6 Å². The summed E-state index contributed by atoms with van der Waals surface area (Å²) in [6, 6.07) is 0. The zero-order chi connectivity index (χ0) is 13.3. The molecule has 0 aromatic carbocycles. The highest BCUT2D eigenvalue weighted by molar-refractivity contribution is 5.02. The number of nitrogens with one attached hydrogen (secondary N) is 1. The van der Waals surface area contributed by atoms with Crippen molar-refractivity contribution in [2.24, 2.45) is 5.92 Å². The highest BCUT2D eigenvalue weighted by Gasteiger charge is 2.42. The molecule has 0 unspecified atom stereocenters. The molecule has 1 N–H and O–H groups in total. The average molecular weight is 261 g/mol. The fourth-order valence-corrected chi connectivity index (χ4v) is 2.42. The maximum atomic E-state index is 12.5. The number of alkyl halides is 3. The minimum atomic E-state index is -4.05. The Morgan fingerprint density at radius 2 is 1.78 bits per heavy atom. The van der Waals surface area contributed by atoms with Crippen LogP contribution in [0.5, 0.6) is 0 Å². The first-order valence-corrected chi connectivity index (χ1v) is 6.37. The van der Waals surface area contributed by atoms with Crippen LogP contribution in [-0.2, 0) is 0 Å². The highest BCUT2D eigenvalue weighted by atomic mass is 19.4. The van der Waals surface area contributed by atoms with Gasteiger partial charge in [-0.25, -0.2) is 4.98 Å². The molecular weight excluding hydrogens is 243 g/mol. The van der Waals surface area contributed by atoms with Gasteiger partial charge in [-0.1, -0.05) is 13.8 Å². The van der Waals surface area contributed by atoms with Gasteiger partial charge in [0.15, 0.2) is 5.82 Å². The van der Waals surface area contributed by atoms with E-state index in [2.05, 4.69) is 15.2 Å². The first-order chi connectivity index (χ1) is 8.38. The van der Waals surface area contributed by atoms with E-state index in [1.54, 1.807) is 0 Å². The van der Waals surface area contributed by atoms with Gasteiger partial charge in [-0.2, -0.15) is 18.3 Å². The Kier molecular flexibility index (Phi) is 3.64. The molecule has 1 saturated carbocycles. The number of rotatable bonds is 2. The topological polar surface area (TPSA) is 41.6 Å². The predicted molar refractivity (Wildman–Crippen MR) is 61.2 cm³/mol. The van der Waals surface area contributed by atoms with E-state index in [0.717, 1.165) is 11.6 Å². The Morgan fingerprint density at radius 1 is 1.17 bits per heavy atom. The maximum Gasteiger partial charge on any atom is 0.391 e. The molecule has 0 amide bonds. The van der Waals surface area contributed by atoms with Gasteiger partial charge in [0, 0.05) is 11.8 Å². The monoisotopic (exact) mass is 261 g/mol. The lowest BCUT2D eigenvalue weighted by atomic mass is 9.81. The van der Waals surface area contributed by atoms with Crippen molar-refractivity contribution in [1.29, 1.82) is 0 Å². The first-order valence-electron chi connectivity index (χ1n) is 6.37. The summed E-state index contributed by atoms with van der Waals surface area (Å²) in [6.07, 6.45) is -2.57. The minimum absolute atomic E-state index is 0.101. The van der Waals surface area contributed by atoms with Gasteiger partial charge in [0.1, 0.15) is 5.82 Å². The molecule has 102 valence electrons. The minimum Gasteiger partial charge on any atom is -0.263 e. The average Bonchev–Trinajstić information content (AvgIpc) is 2.77. The second-order valence-electron chi connectivity index (χ2n) is 5.32. The Labute approximate surface area is 104 Å². The van der Waals surface area contributed by atoms with Crippen LogP contribution in [0, 0.1) is 5.92 Å². The quantitative estimate of drug-likeness (QED) is 0.880. The molecule has 0 bridgehead atoms. The van der Waals surface area contributed by atoms with Crippen molar-refractivity contribution in [3.63, 3.8) is 0 Å². The Bertz CT molecular complexity index is 390. The van der Waals surface area contributed by atoms with E-state index >= 15 is 0 Å². The van der Waals surface area contributed by atoms with Crippen LogP contribution in [0.1, 0.15) is 63.0 Å². The number of H-pyrrole nitrogens is 1. The van der Waals surface area contributed by atoms with Crippen LogP contribution in [-0.4, -0.2) is 21.4 Å². The van der Waals surface area contributed by atoms with E-state index in [9.17, 15) is 13.2 Å². The molecule has 3 nitrogen and oxygen atoms in total. The summed E-state index contributed by atoms with van der Waals surface area (Å²) >= 11 is 0. The first kappa shape index (κ1) is 13.4. The van der Waals surface area contributed by atoms with Crippen LogP contribution in [0.3, 0.4) is 0 Å². The molecule has 1 aromatic heterocycles. The van der Waals surface area contributed by atoms with Gasteiger partial charge in [0.2, 0.25) is 0 Å². The van der Waals surface area contributed by atoms with Crippen LogP contribution in [0.4, 0.5) is 13.2 Å². The highest BCUT2D eigenvalue weighted by Crippen LogP contribution is 2.42. The van der Waals surface area contributed by atoms with Crippen LogP contribution < -0.4 is 0 Å². The number of halogens is 3. The molecule has 1 aliphatic carbocycles. The molecule has 1 fully saturated rings. The zero-order valence-corrected chi connectivity index (χ0v) is 10.6. The van der Waals surface area contributed by atoms with Gasteiger partial charge in [-0.15, -0.1) is 0 Å². The van der Waals surface area contributed by atoms with E-state index < -0.39 is 12.1 Å². The SMILES string of the molecule is CC(C)c1n[nH]c(C2CCC(C(F)(F)F)CC2)n1. The van der Waals surface area contributed by atoms with Crippen LogP contribution >= 0.6 is 0 Å². The Morgan fingerprint density at radius 3 is 2.22 bits per heavy atom. The van der Waals surface area contributed by atoms with Crippen LogP contribution in [0.2, 0.25) is 0 Å². The Balaban J connectivity index is 1.97. The molecule has 2 rings (SSSR count). The zero-order valence-electron chi connectivity index (χ0n) is 10.6. The summed E-state index contributed by atoms with van der Waals surface area (Å²) in [4.78, 5) is 4.37. The maximum absolute atomic E-state index is 12.5. The number of aromatic nitrogens is 3. The lowest BCUT2D eigenvalue weighted by Crippen LogP contribution is -2.27. The van der Waals surface area contributed by atoms with Gasteiger partial charge in [0.25, 0.3) is 0 Å². The summed E-state index contributed by atoms with van der Waals surface area (Å²) < 4.78 is 37.6. The molecule has 1 aliphatic rings. The van der Waals surface area contributed by atoms with Crippen molar-refractivity contribution in [2.75, 3.05) is 0 Å². The van der Waals surface area contributed by atoms with E-state index in [0.29, 0.717) is 12.8 Å². The van der Waals surface area contributed by atoms with Gasteiger partial charge < -0.3 is 0 Å². The number of aromatic amines is 1. The molecule has 0 saturated heterocycles. The smallest absolute Gasteiger partial charge is 0.263 e. The summed E-state index contributed by atoms with van der Waals surface area (Å²) in [5, 5.41) is 6.97. The number of hydrogen-bond donors (Lipinski definition) is 1. The third-order valence-electron chi connectivity index (χ3n) is 3.61. The predicted octanol–water partition coefficient (Wildman–Crippen LogP) is 3.76. The number of hydrogen-bond acceptors (Lipinski definition) is 2. The molecule has 0 spiro atoms. The molecule has 1 aromatic rings. The normalized spacial score (nSPS) is 25.7. The van der Waals surface area contributed by atoms with E-state index in [-0.39, 0.29) is 24.7 Å². The molecule has 0 atom stereocenters. The molecule has 1 heterocycles. The molecule has 0 radical (unpaired) electrons. The van der Waals surface area contributed by atoms with Crippen LogP contribution in [0.25, 0.3) is 0 Å². The fourth-order valence-electron chi connectivity index (χ4n) is 2.42. The molecule has 18 heavy (non-hydrogen) atoms. The van der Waals surface area contributed by atoms with Gasteiger partial charge in [-0.05, 0) is 25.7 Å². The summed E-state index contributed by atoms with van der Waals surface area (Å²) in [5.74, 6) is 0.689. The van der Waals surface area contributed by atoms with E-state index in [1.807, 2.05) is 13.8 Å². The van der Waals surface area contributed by atoms with Gasteiger partial charge in [-0.3, -0.25) is 5.10 Å². The van der Waals surface area contributed by atoms with Crippen molar-refractivity contribution >= 4 is 0 Å². The third-order valence-corrected chi connectivity index (χ3v) is 3.61. The number of nitrogens with zero attached hydrogens (tertiary/aromatic N) is 2. The van der Waals surface area contributed by atoms with Crippen molar-refractivity contribution in [2.45, 2.75) is 57.5 Å². The van der Waals surface area contributed by atoms with Crippen LogP contribution in [0.15, 0.2) is 0 Å². The van der Waals surface area contributed by atoms with Gasteiger partial charge in [0.05, 0.1) is 5.92 Å². The second kappa shape index (κ2) is 4.90. The summed E-state index contributed by atoms with van der Waals surface area (Å²) in [5.41, 5.74) is 0. The van der Waals surface area contributed by atoms with E-state index in [4.69, 9.17) is 0 Å². The second-order valence-corrected chi connectivity index (χ2v) is 5.32. The molecular formula is C12H18F3N3. The Hall–Kier alpha value is -1.07. The van der Waals surface area contributed by atoms with Crippen molar-refractivity contribution < 1.29 is 13.2 Å². The lowest BCUT2D eigenvalue weighted by Gasteiger charge is -2.28. The van der Waals surface area contributed by atoms with Gasteiger partial charge >= 0.3 is 6.18 Å². The van der Waals surface area contributed by atoms with Crippen molar-refractivity contribution in [3.8, 4) is 0 Å². The largest absolute Gasteiger partial charge is 0.391 e. The molecule has 6 heteroatoms. The summed E-state index contributed by atoms with van der Waals surface area (Å²) in [6.45, 7) is 3.99. The molecule has 0 aliphatic heterocycles. The third kappa shape index (κ3) is 2.84. The van der Waals surface area contributed by atoms with E-state index in [1.165, 1.54) is 0 Å². The lowest BCUT2D eigenvalue weighted by molar-refractivity contribution is -0.182. The fraction of sp³-hybridized carbons (Fsp3) is 0.833.